The molecule has 6 heteroatoms. The van der Waals surface area contributed by atoms with E-state index in [1.807, 2.05) is 18.4 Å². The molecular formula is C21H27FN4O. The van der Waals surface area contributed by atoms with Crippen molar-refractivity contribution in [2.45, 2.75) is 33.1 Å². The van der Waals surface area contributed by atoms with Gasteiger partial charge in [0.15, 0.2) is 6.29 Å². The van der Waals surface area contributed by atoms with Crippen molar-refractivity contribution in [1.82, 2.24) is 19.8 Å². The summed E-state index contributed by atoms with van der Waals surface area (Å²) in [4.78, 5) is 18.8. The van der Waals surface area contributed by atoms with Gasteiger partial charge >= 0.3 is 0 Å². The van der Waals surface area contributed by atoms with E-state index < -0.39 is 0 Å². The molecule has 0 bridgehead atoms. The van der Waals surface area contributed by atoms with E-state index in [-0.39, 0.29) is 5.82 Å². The van der Waals surface area contributed by atoms with Crippen LogP contribution < -0.4 is 5.32 Å². The van der Waals surface area contributed by atoms with Crippen LogP contribution in [0.4, 0.5) is 4.39 Å². The van der Waals surface area contributed by atoms with Crippen molar-refractivity contribution in [3.63, 3.8) is 0 Å². The lowest BCUT2D eigenvalue weighted by Crippen LogP contribution is -2.24. The van der Waals surface area contributed by atoms with Crippen LogP contribution in [0.3, 0.4) is 0 Å². The first-order valence-corrected chi connectivity index (χ1v) is 9.34. The van der Waals surface area contributed by atoms with E-state index in [4.69, 9.17) is 0 Å². The zero-order chi connectivity index (χ0) is 19.6. The van der Waals surface area contributed by atoms with Gasteiger partial charge in [0.2, 0.25) is 0 Å². The van der Waals surface area contributed by atoms with Crippen LogP contribution in [0.25, 0.3) is 11.3 Å². The van der Waals surface area contributed by atoms with Gasteiger partial charge in [0.25, 0.3) is 0 Å². The maximum absolute atomic E-state index is 13.6. The Morgan fingerprint density at radius 1 is 1.30 bits per heavy atom. The number of rotatable bonds is 7. The number of aldehydes is 1. The van der Waals surface area contributed by atoms with Gasteiger partial charge in [-0.15, -0.1) is 0 Å². The molecule has 5 nitrogen and oxygen atoms in total. The minimum Gasteiger partial charge on any atom is -0.388 e. The van der Waals surface area contributed by atoms with Gasteiger partial charge in [0, 0.05) is 12.2 Å². The fourth-order valence-corrected chi connectivity index (χ4v) is 3.67. The molecule has 1 aromatic heterocycles. The highest BCUT2D eigenvalue weighted by molar-refractivity contribution is 6.08. The van der Waals surface area contributed by atoms with Gasteiger partial charge in [0.05, 0.1) is 22.6 Å². The van der Waals surface area contributed by atoms with Gasteiger partial charge < -0.3 is 10.2 Å². The number of allylic oxidation sites excluding steroid dienone is 2. The number of nitrogens with one attached hydrogen (secondary N) is 1. The maximum Gasteiger partial charge on any atom is 0.153 e. The number of aryl methyl sites for hydroxylation is 3. The Labute approximate surface area is 159 Å². The minimum absolute atomic E-state index is 0.266. The predicted molar refractivity (Wildman–Crippen MR) is 105 cm³/mol. The van der Waals surface area contributed by atoms with Crippen LogP contribution in [0.15, 0.2) is 23.9 Å². The highest BCUT2D eigenvalue weighted by Gasteiger charge is 2.26. The van der Waals surface area contributed by atoms with Crippen LogP contribution in [0.1, 0.15) is 35.6 Å². The number of hydrogen-bond donors (Lipinski definition) is 1. The van der Waals surface area contributed by atoms with Crippen LogP contribution in [-0.2, 0) is 11.2 Å². The highest BCUT2D eigenvalue weighted by atomic mass is 19.1. The van der Waals surface area contributed by atoms with Gasteiger partial charge in [-0.25, -0.2) is 9.37 Å². The molecule has 0 saturated carbocycles. The smallest absolute Gasteiger partial charge is 0.153 e. The molecule has 0 spiro atoms. The van der Waals surface area contributed by atoms with E-state index in [0.717, 1.165) is 72.8 Å². The summed E-state index contributed by atoms with van der Waals surface area (Å²) in [6.07, 6.45) is 3.49. The Hall–Kier alpha value is -2.47. The summed E-state index contributed by atoms with van der Waals surface area (Å²) in [5.74, 6) is 0.542. The highest BCUT2D eigenvalue weighted by Crippen LogP contribution is 2.33. The molecule has 144 valence electrons. The van der Waals surface area contributed by atoms with Gasteiger partial charge in [-0.05, 0) is 77.5 Å². The van der Waals surface area contributed by atoms with E-state index in [1.54, 1.807) is 6.07 Å². The fourth-order valence-electron chi connectivity index (χ4n) is 3.67. The lowest BCUT2D eigenvalue weighted by Gasteiger charge is -2.22. The van der Waals surface area contributed by atoms with Crippen LogP contribution in [-0.4, -0.2) is 47.9 Å². The van der Waals surface area contributed by atoms with Crippen molar-refractivity contribution in [3.05, 3.63) is 52.5 Å². The molecule has 0 aliphatic heterocycles. The number of aromatic nitrogens is 2. The average molecular weight is 370 g/mol. The van der Waals surface area contributed by atoms with E-state index in [0.29, 0.717) is 5.57 Å². The first-order chi connectivity index (χ1) is 12.9. The Kier molecular flexibility index (Phi) is 5.75. The summed E-state index contributed by atoms with van der Waals surface area (Å²) >= 11 is 0. The summed E-state index contributed by atoms with van der Waals surface area (Å²) in [6.45, 7) is 5.61. The van der Waals surface area contributed by atoms with Crippen molar-refractivity contribution in [2.75, 3.05) is 27.2 Å². The number of halogens is 1. The normalized spacial score (nSPS) is 13.9. The Balaban J connectivity index is 2.00. The number of carbonyl (C=O) groups is 1. The maximum atomic E-state index is 13.6. The molecular weight excluding hydrogens is 343 g/mol. The molecule has 0 atom stereocenters. The number of carbonyl (C=O) groups excluding carboxylic acids is 1. The first kappa shape index (κ1) is 19.3. The molecule has 0 unspecified atom stereocenters. The molecule has 3 rings (SSSR count). The number of imidazole rings is 1. The molecule has 1 aliphatic rings. The van der Waals surface area contributed by atoms with E-state index in [1.165, 1.54) is 12.1 Å². The minimum atomic E-state index is -0.266. The number of benzene rings is 1. The molecule has 1 N–H and O–H groups in total. The summed E-state index contributed by atoms with van der Waals surface area (Å²) < 4.78 is 15.5. The Morgan fingerprint density at radius 3 is 2.74 bits per heavy atom. The number of hydrogen-bond acceptors (Lipinski definition) is 4. The second-order valence-corrected chi connectivity index (χ2v) is 7.31. The Morgan fingerprint density at radius 2 is 2.07 bits per heavy atom. The number of fused-ring (bicyclic) bond motifs is 1. The summed E-state index contributed by atoms with van der Waals surface area (Å²) in [5, 5.41) is 3.45. The van der Waals surface area contributed by atoms with Gasteiger partial charge in [-0.3, -0.25) is 9.36 Å². The summed E-state index contributed by atoms with van der Waals surface area (Å²) in [7, 11) is 4.10. The van der Waals surface area contributed by atoms with Crippen LogP contribution in [0.5, 0.6) is 0 Å². The third-order valence-electron chi connectivity index (χ3n) is 4.95. The van der Waals surface area contributed by atoms with Gasteiger partial charge in [0.1, 0.15) is 11.6 Å². The summed E-state index contributed by atoms with van der Waals surface area (Å²) in [5.41, 5.74) is 5.06. The predicted octanol–water partition coefficient (Wildman–Crippen LogP) is 3.03. The second kappa shape index (κ2) is 8.05. The zero-order valence-electron chi connectivity index (χ0n) is 16.5. The van der Waals surface area contributed by atoms with Crippen molar-refractivity contribution in [3.8, 4) is 5.69 Å². The van der Waals surface area contributed by atoms with Crippen molar-refractivity contribution in [2.24, 2.45) is 0 Å². The molecule has 0 saturated heterocycles. The molecule has 1 aromatic carbocycles. The average Bonchev–Trinajstić information content (AvgIpc) is 2.94. The molecule has 1 aliphatic carbocycles. The van der Waals surface area contributed by atoms with Crippen LogP contribution in [0.2, 0.25) is 0 Å². The zero-order valence-corrected chi connectivity index (χ0v) is 16.5. The topological polar surface area (TPSA) is 50.2 Å². The molecule has 1 heterocycles. The molecule has 2 aromatic rings. The van der Waals surface area contributed by atoms with Crippen molar-refractivity contribution < 1.29 is 9.18 Å². The lowest BCUT2D eigenvalue weighted by atomic mass is 9.97. The number of nitrogens with zero attached hydrogens (tertiary/aromatic N) is 3. The summed E-state index contributed by atoms with van der Waals surface area (Å²) in [6, 6.07) is 4.71. The monoisotopic (exact) mass is 370 g/mol. The van der Waals surface area contributed by atoms with Crippen LogP contribution >= 0.6 is 0 Å². The Bertz CT molecular complexity index is 883. The second-order valence-electron chi connectivity index (χ2n) is 7.31. The molecule has 0 fully saturated rings. The quantitative estimate of drug-likeness (QED) is 0.601. The molecule has 0 radical (unpaired) electrons. The third kappa shape index (κ3) is 3.95. The van der Waals surface area contributed by atoms with Crippen molar-refractivity contribution in [1.29, 1.82) is 0 Å². The van der Waals surface area contributed by atoms with E-state index >= 15 is 0 Å². The largest absolute Gasteiger partial charge is 0.388 e. The fraction of sp³-hybridized carbons (Fsp3) is 0.429. The SMILES string of the molecule is Cc1cc(F)ccc1-n1c(C)nc2c1C(C=O)=C(NCCCN(C)C)CC2. The first-order valence-electron chi connectivity index (χ1n) is 9.34. The molecule has 0 amide bonds. The molecule has 27 heavy (non-hydrogen) atoms. The van der Waals surface area contributed by atoms with Crippen molar-refractivity contribution >= 4 is 11.9 Å². The van der Waals surface area contributed by atoms with E-state index in [2.05, 4.69) is 29.3 Å². The van der Waals surface area contributed by atoms with Crippen LogP contribution in [0, 0.1) is 19.7 Å². The standard InChI is InChI=1S/C21H27FN4O/c1-14-12-16(22)6-9-20(14)26-15(2)24-19-8-7-18(17(13-27)21(19)26)23-10-5-11-25(3)4/h6,9,12-13,23H,5,7-8,10-11H2,1-4H3. The van der Waals surface area contributed by atoms with Gasteiger partial charge in [-0.1, -0.05) is 0 Å². The lowest BCUT2D eigenvalue weighted by molar-refractivity contribution is -0.103. The van der Waals surface area contributed by atoms with Gasteiger partial charge in [-0.2, -0.15) is 0 Å². The van der Waals surface area contributed by atoms with E-state index in [9.17, 15) is 9.18 Å². The third-order valence-corrected chi connectivity index (χ3v) is 4.95.